The number of thiocarbonyl (C=S) groups is 1. The summed E-state index contributed by atoms with van der Waals surface area (Å²) in [6, 6.07) is 8.52. The van der Waals surface area contributed by atoms with E-state index in [9.17, 15) is 9.59 Å². The van der Waals surface area contributed by atoms with Crippen LogP contribution >= 0.6 is 24.0 Å². The van der Waals surface area contributed by atoms with E-state index < -0.39 is 29.4 Å². The van der Waals surface area contributed by atoms with E-state index in [1.165, 1.54) is 11.8 Å². The second-order valence-corrected chi connectivity index (χ2v) is 9.35. The topological polar surface area (TPSA) is 67.9 Å². The molecule has 1 rings (SSSR count). The molecular weight excluding hydrogens is 384 g/mol. The highest BCUT2D eigenvalue weighted by molar-refractivity contribution is 8.22. The van der Waals surface area contributed by atoms with Crippen LogP contribution in [-0.2, 0) is 9.47 Å². The van der Waals surface area contributed by atoms with Crippen LogP contribution in [0.15, 0.2) is 30.3 Å². The van der Waals surface area contributed by atoms with Crippen LogP contribution in [-0.4, -0.2) is 38.8 Å². The number of hydrogen-bond acceptors (Lipinski definition) is 6. The van der Waals surface area contributed by atoms with Crippen molar-refractivity contribution in [2.75, 3.05) is 6.26 Å². The van der Waals surface area contributed by atoms with Crippen LogP contribution in [0.25, 0.3) is 0 Å². The van der Waals surface area contributed by atoms with Gasteiger partial charge >= 0.3 is 12.2 Å². The minimum atomic E-state index is -0.766. The fourth-order valence-electron chi connectivity index (χ4n) is 2.06. The molecule has 0 aliphatic heterocycles. The van der Waals surface area contributed by atoms with Crippen molar-refractivity contribution in [3.63, 3.8) is 0 Å². The van der Waals surface area contributed by atoms with E-state index in [2.05, 4.69) is 5.43 Å². The van der Waals surface area contributed by atoms with Crippen molar-refractivity contribution in [3.8, 4) is 0 Å². The van der Waals surface area contributed by atoms with Crippen LogP contribution in [0.5, 0.6) is 0 Å². The Morgan fingerprint density at radius 3 is 2.00 bits per heavy atom. The number of hydrazine groups is 1. The van der Waals surface area contributed by atoms with Crippen LogP contribution in [0.1, 0.15) is 53.1 Å². The zero-order chi connectivity index (χ0) is 20.8. The number of amides is 2. The lowest BCUT2D eigenvalue weighted by atomic mass is 10.1. The van der Waals surface area contributed by atoms with Crippen molar-refractivity contribution >= 4 is 40.4 Å². The summed E-state index contributed by atoms with van der Waals surface area (Å²) < 4.78 is 11.3. The van der Waals surface area contributed by atoms with Gasteiger partial charge in [-0.15, -0.1) is 11.8 Å². The van der Waals surface area contributed by atoms with Gasteiger partial charge in [0.1, 0.15) is 17.2 Å². The van der Waals surface area contributed by atoms with Crippen LogP contribution in [0.4, 0.5) is 9.59 Å². The van der Waals surface area contributed by atoms with Gasteiger partial charge in [-0.1, -0.05) is 42.5 Å². The molecule has 1 unspecified atom stereocenters. The average Bonchev–Trinajstić information content (AvgIpc) is 2.51. The maximum atomic E-state index is 12.9. The molecule has 1 N–H and O–H groups in total. The molecule has 0 bridgehead atoms. The SMILES string of the molecule is CSC(=S)C(c1ccccc1)N(NC(=O)OC(C)(C)C)C(=O)OC(C)(C)C. The second-order valence-electron chi connectivity index (χ2n) is 7.80. The van der Waals surface area contributed by atoms with E-state index in [1.54, 1.807) is 41.5 Å². The van der Waals surface area contributed by atoms with Crippen molar-refractivity contribution in [2.24, 2.45) is 0 Å². The number of benzene rings is 1. The van der Waals surface area contributed by atoms with Crippen molar-refractivity contribution in [2.45, 2.75) is 58.8 Å². The summed E-state index contributed by atoms with van der Waals surface area (Å²) in [6.07, 6.45) is 0.329. The molecule has 0 aliphatic rings. The van der Waals surface area contributed by atoms with Crippen molar-refractivity contribution in [1.82, 2.24) is 10.4 Å². The molecule has 2 amide bonds. The summed E-state index contributed by atoms with van der Waals surface area (Å²) in [6.45, 7) is 10.5. The van der Waals surface area contributed by atoms with Crippen molar-refractivity contribution in [1.29, 1.82) is 0 Å². The number of ether oxygens (including phenoxy) is 2. The van der Waals surface area contributed by atoms with Gasteiger partial charge in [0, 0.05) is 0 Å². The molecule has 0 aromatic heterocycles. The van der Waals surface area contributed by atoms with Gasteiger partial charge in [0.15, 0.2) is 0 Å². The first-order valence-electron chi connectivity index (χ1n) is 8.48. The summed E-state index contributed by atoms with van der Waals surface area (Å²) in [5, 5.41) is 1.09. The summed E-state index contributed by atoms with van der Waals surface area (Å²) in [4.78, 5) is 25.2. The highest BCUT2D eigenvalue weighted by atomic mass is 32.2. The zero-order valence-electron chi connectivity index (χ0n) is 16.9. The largest absolute Gasteiger partial charge is 0.443 e. The molecule has 1 aromatic carbocycles. The van der Waals surface area contributed by atoms with Crippen LogP contribution < -0.4 is 5.43 Å². The standard InChI is InChI=1S/C19H28N2O4S2/c1-18(2,3)24-16(22)20-21(17(23)25-19(4,5)6)14(15(26)27-7)13-11-9-8-10-12-13/h8-12,14H,1-7H3,(H,20,22). The Kier molecular flexibility index (Phi) is 8.10. The minimum absolute atomic E-state index is 0.503. The highest BCUT2D eigenvalue weighted by Crippen LogP contribution is 2.28. The molecule has 0 heterocycles. The van der Waals surface area contributed by atoms with Crippen LogP contribution in [0.3, 0.4) is 0 Å². The van der Waals surface area contributed by atoms with E-state index in [0.29, 0.717) is 4.20 Å². The molecule has 0 radical (unpaired) electrons. The van der Waals surface area contributed by atoms with Gasteiger partial charge in [0.25, 0.3) is 0 Å². The third-order valence-electron chi connectivity index (χ3n) is 3.00. The summed E-state index contributed by atoms with van der Waals surface area (Å²) in [5.74, 6) is 0. The molecule has 0 spiro atoms. The van der Waals surface area contributed by atoms with Crippen molar-refractivity contribution in [3.05, 3.63) is 35.9 Å². The maximum Gasteiger partial charge on any atom is 0.430 e. The monoisotopic (exact) mass is 412 g/mol. The number of nitrogens with zero attached hydrogens (tertiary/aromatic N) is 1. The Hall–Kier alpha value is -1.80. The molecule has 6 nitrogen and oxygen atoms in total. The van der Waals surface area contributed by atoms with Gasteiger partial charge in [0.05, 0.1) is 4.20 Å². The molecule has 0 aliphatic carbocycles. The summed E-state index contributed by atoms with van der Waals surface area (Å²) in [5.41, 5.74) is 1.80. The predicted molar refractivity (Wildman–Crippen MR) is 113 cm³/mol. The van der Waals surface area contributed by atoms with Crippen LogP contribution in [0, 0.1) is 0 Å². The van der Waals surface area contributed by atoms with E-state index in [-0.39, 0.29) is 0 Å². The molecular formula is C19H28N2O4S2. The normalized spacial score (nSPS) is 12.7. The quantitative estimate of drug-likeness (QED) is 0.551. The molecule has 8 heteroatoms. The fraction of sp³-hybridized carbons (Fsp3) is 0.526. The van der Waals surface area contributed by atoms with E-state index in [4.69, 9.17) is 21.7 Å². The maximum absolute atomic E-state index is 12.9. The molecule has 150 valence electrons. The lowest BCUT2D eigenvalue weighted by Crippen LogP contribution is -2.52. The number of carbonyl (C=O) groups excluding carboxylic acids is 2. The molecule has 0 saturated carbocycles. The first-order valence-corrected chi connectivity index (χ1v) is 10.1. The molecule has 27 heavy (non-hydrogen) atoms. The first kappa shape index (κ1) is 23.2. The molecule has 0 saturated heterocycles. The Bertz CT molecular complexity index is 667. The van der Waals surface area contributed by atoms with E-state index in [1.807, 2.05) is 36.6 Å². The van der Waals surface area contributed by atoms with E-state index >= 15 is 0 Å². The van der Waals surface area contributed by atoms with Crippen LogP contribution in [0.2, 0.25) is 0 Å². The van der Waals surface area contributed by atoms with E-state index in [0.717, 1.165) is 10.6 Å². The third-order valence-corrected chi connectivity index (χ3v) is 4.35. The van der Waals surface area contributed by atoms with Crippen molar-refractivity contribution < 1.29 is 19.1 Å². The highest BCUT2D eigenvalue weighted by Gasteiger charge is 2.34. The number of thioether (sulfide) groups is 1. The third kappa shape index (κ3) is 8.17. The van der Waals surface area contributed by atoms with Gasteiger partial charge in [-0.05, 0) is 53.4 Å². The second kappa shape index (κ2) is 9.41. The van der Waals surface area contributed by atoms with Gasteiger partial charge < -0.3 is 9.47 Å². The average molecular weight is 413 g/mol. The zero-order valence-corrected chi connectivity index (χ0v) is 18.5. The smallest absolute Gasteiger partial charge is 0.430 e. The minimum Gasteiger partial charge on any atom is -0.443 e. The molecule has 1 atom stereocenters. The Morgan fingerprint density at radius 1 is 1.04 bits per heavy atom. The Balaban J connectivity index is 3.28. The predicted octanol–water partition coefficient (Wildman–Crippen LogP) is 5.09. The number of carbonyl (C=O) groups is 2. The fourth-order valence-corrected chi connectivity index (χ4v) is 2.77. The van der Waals surface area contributed by atoms with Gasteiger partial charge in [-0.3, -0.25) is 0 Å². The first-order chi connectivity index (χ1) is 12.3. The summed E-state index contributed by atoms with van der Waals surface area (Å²) in [7, 11) is 0. The van der Waals surface area contributed by atoms with Gasteiger partial charge in [-0.2, -0.15) is 0 Å². The number of rotatable bonds is 3. The number of nitrogens with one attached hydrogen (secondary N) is 1. The Labute approximate surface area is 170 Å². The number of hydrogen-bond donors (Lipinski definition) is 1. The Morgan fingerprint density at radius 2 is 1.56 bits per heavy atom. The van der Waals surface area contributed by atoms with Gasteiger partial charge in [0.2, 0.25) is 0 Å². The lowest BCUT2D eigenvalue weighted by Gasteiger charge is -2.34. The lowest BCUT2D eigenvalue weighted by molar-refractivity contribution is -0.00304. The molecule has 1 aromatic rings. The van der Waals surface area contributed by atoms with Gasteiger partial charge in [-0.25, -0.2) is 20.0 Å². The molecule has 0 fully saturated rings. The summed E-state index contributed by atoms with van der Waals surface area (Å²) >= 11 is 6.80.